The van der Waals surface area contributed by atoms with Crippen molar-refractivity contribution < 1.29 is 4.79 Å². The summed E-state index contributed by atoms with van der Waals surface area (Å²) in [5.41, 5.74) is 2.29. The Morgan fingerprint density at radius 2 is 2.31 bits per heavy atom. The van der Waals surface area contributed by atoms with Crippen LogP contribution in [-0.4, -0.2) is 11.5 Å². The molecular weight excluding hydrogens is 216 g/mol. The van der Waals surface area contributed by atoms with Gasteiger partial charge in [-0.05, 0) is 42.7 Å². The maximum absolute atomic E-state index is 11.9. The molecule has 0 saturated carbocycles. The number of thioether (sulfide) groups is 1. The van der Waals surface area contributed by atoms with Crippen LogP contribution < -0.4 is 0 Å². The van der Waals surface area contributed by atoms with E-state index < -0.39 is 0 Å². The highest BCUT2D eigenvalue weighted by atomic mass is 32.2. The van der Waals surface area contributed by atoms with Gasteiger partial charge in [0.05, 0.1) is 0 Å². The lowest BCUT2D eigenvalue weighted by Gasteiger charge is -2.15. The number of carbonyl (C=O) groups excluding carboxylic acids is 1. The molecule has 0 aromatic heterocycles. The number of hydrogen-bond acceptors (Lipinski definition) is 2. The summed E-state index contributed by atoms with van der Waals surface area (Å²) in [5, 5.41) is 0. The monoisotopic (exact) mass is 234 g/mol. The van der Waals surface area contributed by atoms with Crippen molar-refractivity contribution in [2.24, 2.45) is 0 Å². The second-order valence-corrected chi connectivity index (χ2v) is 5.44. The van der Waals surface area contributed by atoms with E-state index in [0.717, 1.165) is 24.8 Å². The zero-order chi connectivity index (χ0) is 11.4. The molecular formula is C14H18OS. The molecule has 0 fully saturated rings. The standard InChI is InChI=1S/C14H18OS/c1-2-3-6-13(15)11-7-8-14-12(10-11)5-4-9-16-14/h7-8,10H,2-6,9H2,1H3. The van der Waals surface area contributed by atoms with Gasteiger partial charge < -0.3 is 0 Å². The fourth-order valence-electron chi connectivity index (χ4n) is 2.02. The van der Waals surface area contributed by atoms with Crippen LogP contribution >= 0.6 is 11.8 Å². The van der Waals surface area contributed by atoms with Crippen LogP contribution in [-0.2, 0) is 6.42 Å². The summed E-state index contributed by atoms with van der Waals surface area (Å²) in [6.07, 6.45) is 5.17. The molecule has 0 radical (unpaired) electrons. The van der Waals surface area contributed by atoms with E-state index >= 15 is 0 Å². The summed E-state index contributed by atoms with van der Waals surface area (Å²) < 4.78 is 0. The van der Waals surface area contributed by atoms with E-state index in [4.69, 9.17) is 0 Å². The van der Waals surface area contributed by atoms with Gasteiger partial charge >= 0.3 is 0 Å². The lowest BCUT2D eigenvalue weighted by Crippen LogP contribution is -2.03. The Kier molecular flexibility index (Phi) is 4.05. The van der Waals surface area contributed by atoms with E-state index in [9.17, 15) is 4.79 Å². The minimum atomic E-state index is 0.306. The van der Waals surface area contributed by atoms with Crippen LogP contribution in [0.15, 0.2) is 23.1 Å². The number of rotatable bonds is 4. The smallest absolute Gasteiger partial charge is 0.162 e. The van der Waals surface area contributed by atoms with Crippen molar-refractivity contribution in [1.82, 2.24) is 0 Å². The molecule has 0 spiro atoms. The molecule has 1 aromatic rings. The highest BCUT2D eigenvalue weighted by Gasteiger charge is 2.12. The van der Waals surface area contributed by atoms with Crippen LogP contribution in [0.4, 0.5) is 0 Å². The zero-order valence-electron chi connectivity index (χ0n) is 9.79. The fourth-order valence-corrected chi connectivity index (χ4v) is 3.03. The molecule has 0 N–H and O–H groups in total. The lowest BCUT2D eigenvalue weighted by atomic mass is 10.0. The van der Waals surface area contributed by atoms with Crippen LogP contribution in [0.2, 0.25) is 0 Å². The lowest BCUT2D eigenvalue weighted by molar-refractivity contribution is 0.0979. The third-order valence-corrected chi connectivity index (χ3v) is 4.19. The number of hydrogen-bond donors (Lipinski definition) is 0. The molecule has 2 rings (SSSR count). The summed E-state index contributed by atoms with van der Waals surface area (Å²) in [7, 11) is 0. The third-order valence-electron chi connectivity index (χ3n) is 2.99. The van der Waals surface area contributed by atoms with Crippen molar-refractivity contribution in [1.29, 1.82) is 0 Å². The number of Topliss-reactive ketones (excluding diaryl/α,β-unsaturated/α-hetero) is 1. The number of aryl methyl sites for hydroxylation is 1. The predicted octanol–water partition coefficient (Wildman–Crippen LogP) is 4.10. The van der Waals surface area contributed by atoms with Crippen LogP contribution in [0.5, 0.6) is 0 Å². The second kappa shape index (κ2) is 5.53. The predicted molar refractivity (Wildman–Crippen MR) is 69.3 cm³/mol. The molecule has 0 aliphatic carbocycles. The van der Waals surface area contributed by atoms with E-state index in [0.29, 0.717) is 12.2 Å². The first-order chi connectivity index (χ1) is 7.81. The summed E-state index contributed by atoms with van der Waals surface area (Å²) in [6, 6.07) is 6.23. The maximum Gasteiger partial charge on any atom is 0.162 e. The van der Waals surface area contributed by atoms with Gasteiger partial charge in [0.1, 0.15) is 0 Å². The Bertz CT molecular complexity index is 384. The number of fused-ring (bicyclic) bond motifs is 1. The molecule has 0 bridgehead atoms. The summed E-state index contributed by atoms with van der Waals surface area (Å²) in [5.74, 6) is 1.52. The van der Waals surface area contributed by atoms with E-state index in [1.807, 2.05) is 17.8 Å². The van der Waals surface area contributed by atoms with Gasteiger partial charge in [-0.1, -0.05) is 19.4 Å². The van der Waals surface area contributed by atoms with Crippen molar-refractivity contribution in [2.45, 2.75) is 43.9 Å². The molecule has 2 heteroatoms. The van der Waals surface area contributed by atoms with Gasteiger partial charge in [-0.2, -0.15) is 0 Å². The molecule has 1 aromatic carbocycles. The minimum Gasteiger partial charge on any atom is -0.294 e. The zero-order valence-corrected chi connectivity index (χ0v) is 10.6. The average Bonchev–Trinajstić information content (AvgIpc) is 2.35. The SMILES string of the molecule is CCCCC(=O)c1ccc2c(c1)CCCS2. The molecule has 86 valence electrons. The van der Waals surface area contributed by atoms with E-state index in [1.54, 1.807) is 0 Å². The number of ketones is 1. The highest BCUT2D eigenvalue weighted by Crippen LogP contribution is 2.30. The van der Waals surface area contributed by atoms with Crippen molar-refractivity contribution in [3.8, 4) is 0 Å². The van der Waals surface area contributed by atoms with Gasteiger partial charge in [0.15, 0.2) is 5.78 Å². The molecule has 1 heterocycles. The molecule has 1 aliphatic heterocycles. The molecule has 0 saturated heterocycles. The summed E-state index contributed by atoms with van der Waals surface area (Å²) >= 11 is 1.92. The molecule has 0 atom stereocenters. The van der Waals surface area contributed by atoms with Crippen LogP contribution in [0.25, 0.3) is 0 Å². The Hall–Kier alpha value is -0.760. The van der Waals surface area contributed by atoms with Gasteiger partial charge in [-0.3, -0.25) is 4.79 Å². The van der Waals surface area contributed by atoms with E-state index in [2.05, 4.69) is 19.1 Å². The van der Waals surface area contributed by atoms with Gasteiger partial charge in [0.2, 0.25) is 0 Å². The maximum atomic E-state index is 11.9. The topological polar surface area (TPSA) is 17.1 Å². The van der Waals surface area contributed by atoms with E-state index in [1.165, 1.54) is 22.6 Å². The van der Waals surface area contributed by atoms with Gasteiger partial charge in [-0.25, -0.2) is 0 Å². The Labute approximate surface area is 102 Å². The first kappa shape index (κ1) is 11.7. The fraction of sp³-hybridized carbons (Fsp3) is 0.500. The molecule has 0 amide bonds. The van der Waals surface area contributed by atoms with Crippen molar-refractivity contribution in [2.75, 3.05) is 5.75 Å². The third kappa shape index (κ3) is 2.67. The van der Waals surface area contributed by atoms with Crippen molar-refractivity contribution in [3.63, 3.8) is 0 Å². The molecule has 16 heavy (non-hydrogen) atoms. The summed E-state index contributed by atoms with van der Waals surface area (Å²) in [4.78, 5) is 13.3. The van der Waals surface area contributed by atoms with Crippen molar-refractivity contribution in [3.05, 3.63) is 29.3 Å². The van der Waals surface area contributed by atoms with Crippen LogP contribution in [0.1, 0.15) is 48.5 Å². The Morgan fingerprint density at radius 3 is 3.12 bits per heavy atom. The number of carbonyl (C=O) groups is 1. The van der Waals surface area contributed by atoms with Crippen molar-refractivity contribution >= 4 is 17.5 Å². The first-order valence-corrected chi connectivity index (χ1v) is 7.08. The minimum absolute atomic E-state index is 0.306. The van der Waals surface area contributed by atoms with Crippen LogP contribution in [0.3, 0.4) is 0 Å². The highest BCUT2D eigenvalue weighted by molar-refractivity contribution is 7.99. The van der Waals surface area contributed by atoms with Crippen LogP contribution in [0, 0.1) is 0 Å². The average molecular weight is 234 g/mol. The molecule has 0 unspecified atom stereocenters. The Morgan fingerprint density at radius 1 is 1.44 bits per heavy atom. The van der Waals surface area contributed by atoms with Gasteiger partial charge in [0.25, 0.3) is 0 Å². The first-order valence-electron chi connectivity index (χ1n) is 6.10. The summed E-state index contributed by atoms with van der Waals surface area (Å²) in [6.45, 7) is 2.12. The largest absolute Gasteiger partial charge is 0.294 e. The molecule has 1 nitrogen and oxygen atoms in total. The molecule has 1 aliphatic rings. The Balaban J connectivity index is 2.13. The quantitative estimate of drug-likeness (QED) is 0.730. The van der Waals surface area contributed by atoms with E-state index in [-0.39, 0.29) is 0 Å². The number of unbranched alkanes of at least 4 members (excludes halogenated alkanes) is 1. The normalized spacial score (nSPS) is 14.6. The number of benzene rings is 1. The van der Waals surface area contributed by atoms with Gasteiger partial charge in [-0.15, -0.1) is 11.8 Å². The second-order valence-electron chi connectivity index (χ2n) is 4.30. The van der Waals surface area contributed by atoms with Gasteiger partial charge in [0, 0.05) is 16.9 Å².